The second-order valence-electron chi connectivity index (χ2n) is 4.32. The minimum absolute atomic E-state index is 0.219. The van der Waals surface area contributed by atoms with Crippen LogP contribution in [0.5, 0.6) is 0 Å². The van der Waals surface area contributed by atoms with Gasteiger partial charge in [0.1, 0.15) is 0 Å². The van der Waals surface area contributed by atoms with Crippen LogP contribution in [0.15, 0.2) is 11.3 Å². The van der Waals surface area contributed by atoms with Gasteiger partial charge in [-0.3, -0.25) is 4.79 Å². The van der Waals surface area contributed by atoms with Crippen LogP contribution in [-0.4, -0.2) is 23.5 Å². The smallest absolute Gasteiger partial charge is 0.308 e. The SMILES string of the molecule is O=C(N1CCCC2=C1CCCC2)C(F)(F)F. The molecule has 2 rings (SSSR count). The summed E-state index contributed by atoms with van der Waals surface area (Å²) in [5.41, 5.74) is 1.72. The number of carbonyl (C=O) groups is 1. The summed E-state index contributed by atoms with van der Waals surface area (Å²) in [5, 5.41) is 0. The molecule has 0 aromatic carbocycles. The van der Waals surface area contributed by atoms with Crippen LogP contribution in [-0.2, 0) is 4.79 Å². The molecule has 0 saturated carbocycles. The molecule has 16 heavy (non-hydrogen) atoms. The highest BCUT2D eigenvalue weighted by molar-refractivity contribution is 5.83. The van der Waals surface area contributed by atoms with Crippen molar-refractivity contribution in [2.45, 2.75) is 44.7 Å². The average molecular weight is 233 g/mol. The van der Waals surface area contributed by atoms with Gasteiger partial charge in [0.15, 0.2) is 0 Å². The van der Waals surface area contributed by atoms with Crippen LogP contribution >= 0.6 is 0 Å². The Bertz CT molecular complexity index is 329. The zero-order valence-corrected chi connectivity index (χ0v) is 8.94. The molecule has 1 aliphatic heterocycles. The van der Waals surface area contributed by atoms with Gasteiger partial charge < -0.3 is 4.90 Å². The van der Waals surface area contributed by atoms with Gasteiger partial charge >= 0.3 is 12.1 Å². The van der Waals surface area contributed by atoms with Gasteiger partial charge in [0.2, 0.25) is 0 Å². The van der Waals surface area contributed by atoms with Gasteiger partial charge in [0.05, 0.1) is 0 Å². The Labute approximate surface area is 92.1 Å². The van der Waals surface area contributed by atoms with Gasteiger partial charge in [-0.1, -0.05) is 5.57 Å². The first-order valence-electron chi connectivity index (χ1n) is 5.60. The Morgan fingerprint density at radius 1 is 1.06 bits per heavy atom. The highest BCUT2D eigenvalue weighted by Gasteiger charge is 2.44. The maximum Gasteiger partial charge on any atom is 0.471 e. The molecule has 0 fully saturated rings. The van der Waals surface area contributed by atoms with E-state index in [1.807, 2.05) is 0 Å². The van der Waals surface area contributed by atoms with E-state index in [0.717, 1.165) is 36.2 Å². The monoisotopic (exact) mass is 233 g/mol. The molecule has 0 radical (unpaired) electrons. The largest absolute Gasteiger partial charge is 0.471 e. The standard InChI is InChI=1S/C11H14F3NO/c12-11(13,14)10(16)15-7-3-5-8-4-1-2-6-9(8)15/h1-7H2. The van der Waals surface area contributed by atoms with E-state index in [2.05, 4.69) is 0 Å². The highest BCUT2D eigenvalue weighted by Crippen LogP contribution is 2.35. The molecular formula is C11H14F3NO. The summed E-state index contributed by atoms with van der Waals surface area (Å²) in [6, 6.07) is 0. The van der Waals surface area contributed by atoms with Gasteiger partial charge in [-0.05, 0) is 38.5 Å². The van der Waals surface area contributed by atoms with Crippen molar-refractivity contribution in [2.24, 2.45) is 0 Å². The molecule has 0 saturated heterocycles. The molecule has 0 aromatic heterocycles. The van der Waals surface area contributed by atoms with Gasteiger partial charge in [0, 0.05) is 12.2 Å². The number of carbonyl (C=O) groups excluding carboxylic acids is 1. The third kappa shape index (κ3) is 2.08. The van der Waals surface area contributed by atoms with Crippen LogP contribution in [0.3, 0.4) is 0 Å². The first-order valence-corrected chi connectivity index (χ1v) is 5.60. The molecular weight excluding hydrogens is 219 g/mol. The molecule has 0 aromatic rings. The zero-order valence-electron chi connectivity index (χ0n) is 8.94. The number of hydrogen-bond donors (Lipinski definition) is 0. The highest BCUT2D eigenvalue weighted by atomic mass is 19.4. The van der Waals surface area contributed by atoms with Gasteiger partial charge in [-0.25, -0.2) is 0 Å². The third-order valence-electron chi connectivity index (χ3n) is 3.22. The summed E-state index contributed by atoms with van der Waals surface area (Å²) >= 11 is 0. The molecule has 0 unspecified atom stereocenters. The summed E-state index contributed by atoms with van der Waals surface area (Å²) in [5.74, 6) is -1.69. The Morgan fingerprint density at radius 3 is 2.38 bits per heavy atom. The molecule has 2 aliphatic rings. The Balaban J connectivity index is 2.24. The molecule has 0 atom stereocenters. The summed E-state index contributed by atoms with van der Waals surface area (Å²) in [4.78, 5) is 12.2. The van der Waals surface area contributed by atoms with Crippen molar-refractivity contribution in [3.8, 4) is 0 Å². The van der Waals surface area contributed by atoms with Crippen molar-refractivity contribution < 1.29 is 18.0 Å². The maximum absolute atomic E-state index is 12.4. The number of alkyl halides is 3. The van der Waals surface area contributed by atoms with Crippen LogP contribution in [0, 0.1) is 0 Å². The van der Waals surface area contributed by atoms with E-state index < -0.39 is 12.1 Å². The normalized spacial score (nSPS) is 22.1. The van der Waals surface area contributed by atoms with Gasteiger partial charge in [-0.15, -0.1) is 0 Å². The van der Waals surface area contributed by atoms with E-state index >= 15 is 0 Å². The summed E-state index contributed by atoms with van der Waals surface area (Å²) in [7, 11) is 0. The lowest BCUT2D eigenvalue weighted by Gasteiger charge is -2.35. The Morgan fingerprint density at radius 2 is 1.69 bits per heavy atom. The van der Waals surface area contributed by atoms with Crippen molar-refractivity contribution in [2.75, 3.05) is 6.54 Å². The number of rotatable bonds is 0. The molecule has 5 heteroatoms. The molecule has 1 amide bonds. The van der Waals surface area contributed by atoms with E-state index in [4.69, 9.17) is 0 Å². The maximum atomic E-state index is 12.4. The summed E-state index contributed by atoms with van der Waals surface area (Å²) in [6.07, 6.45) is 0.173. The van der Waals surface area contributed by atoms with E-state index in [1.54, 1.807) is 0 Å². The van der Waals surface area contributed by atoms with E-state index in [1.165, 1.54) is 0 Å². The predicted octanol–water partition coefficient (Wildman–Crippen LogP) is 3.00. The second-order valence-corrected chi connectivity index (χ2v) is 4.32. The number of allylic oxidation sites excluding steroid dienone is 2. The average Bonchev–Trinajstić information content (AvgIpc) is 2.26. The van der Waals surface area contributed by atoms with Gasteiger partial charge in [0.25, 0.3) is 0 Å². The minimum Gasteiger partial charge on any atom is -0.308 e. The Hall–Kier alpha value is -1.00. The van der Waals surface area contributed by atoms with Crippen molar-refractivity contribution in [3.05, 3.63) is 11.3 Å². The molecule has 0 N–H and O–H groups in total. The summed E-state index contributed by atoms with van der Waals surface area (Å²) in [6.45, 7) is 0.219. The van der Waals surface area contributed by atoms with Crippen molar-refractivity contribution in [1.29, 1.82) is 0 Å². The van der Waals surface area contributed by atoms with Crippen LogP contribution in [0.1, 0.15) is 38.5 Å². The summed E-state index contributed by atoms with van der Waals surface area (Å²) < 4.78 is 37.1. The zero-order chi connectivity index (χ0) is 11.8. The van der Waals surface area contributed by atoms with Crippen LogP contribution in [0.25, 0.3) is 0 Å². The molecule has 2 nitrogen and oxygen atoms in total. The van der Waals surface area contributed by atoms with Crippen molar-refractivity contribution in [1.82, 2.24) is 4.90 Å². The number of halogens is 3. The fourth-order valence-electron chi connectivity index (χ4n) is 2.51. The first kappa shape index (κ1) is 11.5. The quantitative estimate of drug-likeness (QED) is 0.629. The molecule has 1 aliphatic carbocycles. The second kappa shape index (κ2) is 4.11. The van der Waals surface area contributed by atoms with Crippen LogP contribution < -0.4 is 0 Å². The minimum atomic E-state index is -4.74. The Kier molecular flexibility index (Phi) is 2.95. The van der Waals surface area contributed by atoms with Crippen molar-refractivity contribution >= 4 is 5.91 Å². The molecule has 90 valence electrons. The third-order valence-corrected chi connectivity index (χ3v) is 3.22. The molecule has 0 spiro atoms. The lowest BCUT2D eigenvalue weighted by Crippen LogP contribution is -2.43. The lowest BCUT2D eigenvalue weighted by molar-refractivity contribution is -0.184. The number of nitrogens with zero attached hydrogens (tertiary/aromatic N) is 1. The fourth-order valence-corrected chi connectivity index (χ4v) is 2.51. The predicted molar refractivity (Wildman–Crippen MR) is 52.5 cm³/mol. The van der Waals surface area contributed by atoms with Crippen LogP contribution in [0.2, 0.25) is 0 Å². The van der Waals surface area contributed by atoms with Gasteiger partial charge in [-0.2, -0.15) is 13.2 Å². The number of amides is 1. The van der Waals surface area contributed by atoms with E-state index in [-0.39, 0.29) is 6.54 Å². The molecule has 1 heterocycles. The fraction of sp³-hybridized carbons (Fsp3) is 0.727. The number of hydrogen-bond acceptors (Lipinski definition) is 1. The van der Waals surface area contributed by atoms with Crippen molar-refractivity contribution in [3.63, 3.8) is 0 Å². The first-order chi connectivity index (χ1) is 7.50. The van der Waals surface area contributed by atoms with Crippen LogP contribution in [0.4, 0.5) is 13.2 Å². The van der Waals surface area contributed by atoms with E-state index in [0.29, 0.717) is 18.5 Å². The topological polar surface area (TPSA) is 20.3 Å². The molecule has 0 bridgehead atoms. The van der Waals surface area contributed by atoms with E-state index in [9.17, 15) is 18.0 Å². The lowest BCUT2D eigenvalue weighted by atomic mass is 9.89.